The molecule has 10 nitrogen and oxygen atoms in total. The Morgan fingerprint density at radius 2 is 1.80 bits per heavy atom. The minimum Gasteiger partial charge on any atom is -0.469 e. The van der Waals surface area contributed by atoms with Crippen LogP contribution in [0.15, 0.2) is 105 Å². The van der Waals surface area contributed by atoms with Crippen molar-refractivity contribution in [3.05, 3.63) is 130 Å². The number of halogens is 1. The highest BCUT2D eigenvalue weighted by Crippen LogP contribution is 2.61. The fraction of sp³-hybridized carbons (Fsp3) is 0.209. The fourth-order valence-corrected chi connectivity index (χ4v) is 9.21. The number of benzene rings is 4. The molecule has 4 atom stereocenters. The molecule has 10 bridgehead atoms. The quantitative estimate of drug-likeness (QED) is 0.151. The number of carbonyl (C=O) groups excluding carboxylic acids is 2. The van der Waals surface area contributed by atoms with E-state index in [1.165, 1.54) is 0 Å². The third-order valence-electron chi connectivity index (χ3n) is 11.5. The van der Waals surface area contributed by atoms with Crippen molar-refractivity contribution in [3.63, 3.8) is 0 Å². The number of anilines is 1. The van der Waals surface area contributed by atoms with Gasteiger partial charge in [0.15, 0.2) is 29.2 Å². The summed E-state index contributed by atoms with van der Waals surface area (Å²) >= 11 is 3.46. The topological polar surface area (TPSA) is 135 Å². The third-order valence-corrected chi connectivity index (χ3v) is 12.1. The normalized spacial score (nSPS) is 21.5. The first-order valence-electron chi connectivity index (χ1n) is 18.2. The molecule has 0 saturated carbocycles. The Morgan fingerprint density at radius 1 is 0.963 bits per heavy atom. The molecule has 4 aliphatic rings. The summed E-state index contributed by atoms with van der Waals surface area (Å²) in [5.41, 5.74) is 7.54. The number of Topliss-reactive ketones (excluding diaryl/α,β-unsaturated/α-hetero) is 1. The summed E-state index contributed by atoms with van der Waals surface area (Å²) in [5.74, 6) is 1.28. The van der Waals surface area contributed by atoms with Crippen molar-refractivity contribution in [1.82, 2.24) is 20.3 Å². The highest BCUT2D eigenvalue weighted by Gasteiger charge is 2.61. The maximum Gasteiger partial charge on any atom is 0.249 e. The molecule has 1 spiro atoms. The van der Waals surface area contributed by atoms with Crippen LogP contribution in [0, 0.1) is 11.8 Å². The van der Waals surface area contributed by atoms with Gasteiger partial charge in [-0.1, -0.05) is 84.4 Å². The lowest BCUT2D eigenvalue weighted by Gasteiger charge is -2.28. The van der Waals surface area contributed by atoms with Crippen LogP contribution in [0.3, 0.4) is 0 Å². The van der Waals surface area contributed by atoms with Gasteiger partial charge < -0.3 is 29.2 Å². The van der Waals surface area contributed by atoms with Crippen molar-refractivity contribution in [2.75, 3.05) is 5.32 Å². The van der Waals surface area contributed by atoms with Gasteiger partial charge in [-0.3, -0.25) is 9.59 Å². The summed E-state index contributed by atoms with van der Waals surface area (Å²) in [6, 6.07) is 25.2. The highest BCUT2D eigenvalue weighted by molar-refractivity contribution is 9.10. The average Bonchev–Trinajstić information content (AvgIpc) is 3.99. The van der Waals surface area contributed by atoms with Gasteiger partial charge in [-0.2, -0.15) is 0 Å². The molecule has 11 rings (SSSR count). The van der Waals surface area contributed by atoms with Gasteiger partial charge >= 0.3 is 0 Å². The molecule has 0 fully saturated rings. The minimum absolute atomic E-state index is 0.0284. The summed E-state index contributed by atoms with van der Waals surface area (Å²) in [7, 11) is 0. The number of rotatable bonds is 4. The SMILES string of the molecule is CC(C)[C@@H]1NC(=O)C(CC(=O)c2ccc(Br)cc2)Cc2ccc3c(c2)[C@]24c5cccc(c5NC2O3)-c2cccc3[nH]cc(c23)-c2cnc(o2)-c2nc1oc24. The molecule has 0 saturated heterocycles. The Kier molecular flexibility index (Phi) is 6.60. The van der Waals surface area contributed by atoms with E-state index in [4.69, 9.17) is 23.5 Å². The number of carbonyl (C=O) groups is 2. The largest absolute Gasteiger partial charge is 0.469 e. The zero-order chi connectivity index (χ0) is 36.5. The second kappa shape index (κ2) is 11.3. The van der Waals surface area contributed by atoms with Gasteiger partial charge in [0.1, 0.15) is 17.2 Å². The van der Waals surface area contributed by atoms with Crippen LogP contribution in [0.4, 0.5) is 5.69 Å². The van der Waals surface area contributed by atoms with Crippen molar-refractivity contribution in [1.29, 1.82) is 0 Å². The molecule has 1 amide bonds. The van der Waals surface area contributed by atoms with Crippen LogP contribution in [0.25, 0.3) is 44.9 Å². The van der Waals surface area contributed by atoms with Crippen molar-refractivity contribution in [2.24, 2.45) is 11.8 Å². The second-order valence-corrected chi connectivity index (χ2v) is 15.9. The van der Waals surface area contributed by atoms with E-state index in [2.05, 4.69) is 74.0 Å². The maximum atomic E-state index is 14.4. The van der Waals surface area contributed by atoms with E-state index >= 15 is 0 Å². The molecule has 7 aromatic rings. The number of aromatic nitrogens is 3. The Morgan fingerprint density at radius 3 is 2.65 bits per heavy atom. The summed E-state index contributed by atoms with van der Waals surface area (Å²) in [4.78, 5) is 41.5. The number of ether oxygens (including phenoxy) is 1. The van der Waals surface area contributed by atoms with Gasteiger partial charge in [0, 0.05) is 67.4 Å². The average molecular weight is 779 g/mol. The molecule has 2 unspecified atom stereocenters. The summed E-state index contributed by atoms with van der Waals surface area (Å²) in [6.45, 7) is 4.03. The molecule has 0 aliphatic carbocycles. The Labute approximate surface area is 317 Å². The van der Waals surface area contributed by atoms with Crippen molar-refractivity contribution < 1.29 is 23.2 Å². The van der Waals surface area contributed by atoms with Crippen LogP contribution in [-0.4, -0.2) is 32.9 Å². The molecular weight excluding hydrogens is 746 g/mol. The van der Waals surface area contributed by atoms with E-state index in [1.807, 2.05) is 44.3 Å². The van der Waals surface area contributed by atoms with Crippen molar-refractivity contribution in [2.45, 2.75) is 44.4 Å². The molecular formula is C43H32BrN5O5. The Bertz CT molecular complexity index is 2730. The van der Waals surface area contributed by atoms with E-state index in [1.54, 1.807) is 18.3 Å². The molecule has 3 N–H and O–H groups in total. The first kappa shape index (κ1) is 31.6. The fourth-order valence-electron chi connectivity index (χ4n) is 8.95. The van der Waals surface area contributed by atoms with Gasteiger partial charge in [-0.25, -0.2) is 9.97 Å². The summed E-state index contributed by atoms with van der Waals surface area (Å²) in [5, 5.41) is 8.07. The zero-order valence-electron chi connectivity index (χ0n) is 29.2. The van der Waals surface area contributed by atoms with E-state index < -0.39 is 23.6 Å². The van der Waals surface area contributed by atoms with Crippen LogP contribution in [0.1, 0.15) is 65.0 Å². The molecule has 3 aromatic heterocycles. The Hall–Kier alpha value is -5.94. The predicted molar refractivity (Wildman–Crippen MR) is 205 cm³/mol. The van der Waals surface area contributed by atoms with Crippen LogP contribution >= 0.6 is 15.9 Å². The van der Waals surface area contributed by atoms with Crippen LogP contribution in [0.5, 0.6) is 5.75 Å². The first-order chi connectivity index (χ1) is 26.3. The standard InChI is InChI=1S/C43H32BrN5O5/c1-20(2)35-41-48-37-38(54-41)43-28-7-3-6-26(25-5-4-8-30-34(25)27(18-45-30)33-19-46-40(37)52-33)36(28)49-42(43)53-32-14-9-21(16-29(32)43)15-23(39(51)47-35)17-31(50)22-10-12-24(44)13-11-22/h3-14,16,18-20,23,35,42,45,49H,15,17H2,1-2H3,(H,47,51)/t23?,35-,42?,43-/m0/s1. The number of ketones is 1. The Balaban J connectivity index is 1.18. The number of amides is 1. The second-order valence-electron chi connectivity index (χ2n) is 15.0. The van der Waals surface area contributed by atoms with Crippen molar-refractivity contribution >= 4 is 44.2 Å². The number of fused-ring (bicyclic) bond motifs is 7. The number of hydrogen-bond acceptors (Lipinski definition) is 8. The van der Waals surface area contributed by atoms with Crippen molar-refractivity contribution in [3.8, 4) is 39.8 Å². The smallest absolute Gasteiger partial charge is 0.249 e. The molecule has 11 heteroatoms. The monoisotopic (exact) mass is 777 g/mol. The summed E-state index contributed by atoms with van der Waals surface area (Å²) in [6.07, 6.45) is 3.44. The number of hydrogen-bond donors (Lipinski definition) is 3. The lowest BCUT2D eigenvalue weighted by atomic mass is 9.72. The molecule has 4 aliphatic heterocycles. The van der Waals surface area contributed by atoms with E-state index in [0.29, 0.717) is 46.7 Å². The number of H-pyrrole nitrogens is 1. The first-order valence-corrected chi connectivity index (χ1v) is 18.9. The zero-order valence-corrected chi connectivity index (χ0v) is 30.8. The van der Waals surface area contributed by atoms with Gasteiger partial charge in [0.2, 0.25) is 17.7 Å². The molecule has 0 radical (unpaired) electrons. The number of oxazole rings is 2. The van der Waals surface area contributed by atoms with Crippen LogP contribution in [0.2, 0.25) is 0 Å². The van der Waals surface area contributed by atoms with Gasteiger partial charge in [-0.15, -0.1) is 0 Å². The van der Waals surface area contributed by atoms with Crippen LogP contribution < -0.4 is 15.4 Å². The van der Waals surface area contributed by atoms with E-state index in [-0.39, 0.29) is 24.0 Å². The highest BCUT2D eigenvalue weighted by atomic mass is 79.9. The lowest BCUT2D eigenvalue weighted by molar-refractivity contribution is -0.126. The number of nitrogens with zero attached hydrogens (tertiary/aromatic N) is 2. The van der Waals surface area contributed by atoms with Gasteiger partial charge in [-0.05, 0) is 47.7 Å². The number of aromatic amines is 1. The van der Waals surface area contributed by atoms with E-state index in [9.17, 15) is 9.59 Å². The molecule has 7 heterocycles. The number of nitrogens with one attached hydrogen (secondary N) is 3. The molecule has 266 valence electrons. The molecule has 4 aromatic carbocycles. The van der Waals surface area contributed by atoms with E-state index in [0.717, 1.165) is 54.4 Å². The lowest BCUT2D eigenvalue weighted by Crippen LogP contribution is -2.40. The third kappa shape index (κ3) is 4.32. The maximum absolute atomic E-state index is 14.4. The summed E-state index contributed by atoms with van der Waals surface area (Å²) < 4.78 is 21.4. The van der Waals surface area contributed by atoms with Gasteiger partial charge in [0.25, 0.3) is 0 Å². The number of para-hydroxylation sites is 1. The van der Waals surface area contributed by atoms with Crippen LogP contribution in [-0.2, 0) is 16.6 Å². The molecule has 54 heavy (non-hydrogen) atoms. The minimum atomic E-state index is -1.02. The predicted octanol–water partition coefficient (Wildman–Crippen LogP) is 8.96. The van der Waals surface area contributed by atoms with Gasteiger partial charge in [0.05, 0.1) is 6.20 Å².